The molecule has 0 aromatic heterocycles. The molecule has 1 aliphatic heterocycles. The number of urea groups is 1. The monoisotopic (exact) mass is 345 g/mol. The number of anilines is 1. The Kier molecular flexibility index (Phi) is 6.32. The van der Waals surface area contributed by atoms with Crippen LogP contribution in [0.2, 0.25) is 0 Å². The van der Waals surface area contributed by atoms with E-state index in [0.29, 0.717) is 18.5 Å². The number of carbonyl (C=O) groups excluding carboxylic acids is 1. The Labute approximate surface area is 150 Å². The Morgan fingerprint density at radius 1 is 1.16 bits per heavy atom. The molecule has 3 atom stereocenters. The molecule has 138 valence electrons. The number of nitrogens with one attached hydrogen (secondary N) is 2. The molecule has 0 radical (unpaired) electrons. The van der Waals surface area contributed by atoms with Gasteiger partial charge in [0, 0.05) is 24.8 Å². The lowest BCUT2D eigenvalue weighted by atomic mass is 9.88. The fourth-order valence-corrected chi connectivity index (χ4v) is 4.13. The minimum Gasteiger partial charge on any atom is -0.391 e. The topological polar surface area (TPSA) is 64.6 Å². The van der Waals surface area contributed by atoms with Crippen molar-refractivity contribution >= 4 is 11.7 Å². The zero-order chi connectivity index (χ0) is 17.6. The fourth-order valence-electron chi connectivity index (χ4n) is 4.13. The number of hydrogen-bond donors (Lipinski definition) is 3. The summed E-state index contributed by atoms with van der Waals surface area (Å²) in [5, 5.41) is 16.2. The van der Waals surface area contributed by atoms with E-state index in [4.69, 9.17) is 0 Å². The maximum absolute atomic E-state index is 12.1. The van der Waals surface area contributed by atoms with Gasteiger partial charge in [-0.05, 0) is 57.2 Å². The molecular formula is C20H31N3O2. The Morgan fingerprint density at radius 2 is 1.92 bits per heavy atom. The SMILES string of the molecule is Cc1ccc(NC(=O)NC[C@@H]2CCCN([C@@H]3CCCC[C@@H]3O)C2)cc1. The molecule has 3 rings (SSSR count). The van der Waals surface area contributed by atoms with Gasteiger partial charge in [0.2, 0.25) is 0 Å². The first-order chi connectivity index (χ1) is 12.1. The van der Waals surface area contributed by atoms with Crippen molar-refractivity contribution in [3.63, 3.8) is 0 Å². The molecule has 0 unspecified atom stereocenters. The molecule has 1 aliphatic carbocycles. The molecule has 5 heteroatoms. The molecule has 1 saturated carbocycles. The van der Waals surface area contributed by atoms with Crippen molar-refractivity contribution in [2.75, 3.05) is 25.0 Å². The van der Waals surface area contributed by atoms with E-state index >= 15 is 0 Å². The van der Waals surface area contributed by atoms with E-state index < -0.39 is 0 Å². The molecular weight excluding hydrogens is 314 g/mol. The molecule has 25 heavy (non-hydrogen) atoms. The third kappa shape index (κ3) is 5.19. The molecule has 1 aromatic rings. The Bertz CT molecular complexity index is 561. The van der Waals surface area contributed by atoms with Gasteiger partial charge < -0.3 is 15.7 Å². The van der Waals surface area contributed by atoms with Gasteiger partial charge in [-0.15, -0.1) is 0 Å². The van der Waals surface area contributed by atoms with E-state index in [2.05, 4.69) is 15.5 Å². The largest absolute Gasteiger partial charge is 0.391 e. The molecule has 0 spiro atoms. The normalized spacial score (nSPS) is 27.7. The van der Waals surface area contributed by atoms with Crippen molar-refractivity contribution < 1.29 is 9.90 Å². The first kappa shape index (κ1) is 18.2. The summed E-state index contributed by atoms with van der Waals surface area (Å²) in [7, 11) is 0. The van der Waals surface area contributed by atoms with Crippen LogP contribution in [-0.2, 0) is 0 Å². The van der Waals surface area contributed by atoms with E-state index in [1.807, 2.05) is 31.2 Å². The Morgan fingerprint density at radius 3 is 2.68 bits per heavy atom. The van der Waals surface area contributed by atoms with Crippen molar-refractivity contribution in [3.05, 3.63) is 29.8 Å². The summed E-state index contributed by atoms with van der Waals surface area (Å²) in [6.07, 6.45) is 6.53. The minimum atomic E-state index is -0.176. The molecule has 2 aliphatic rings. The minimum absolute atomic E-state index is 0.140. The van der Waals surface area contributed by atoms with Crippen molar-refractivity contribution in [1.82, 2.24) is 10.2 Å². The molecule has 0 bridgehead atoms. The van der Waals surface area contributed by atoms with E-state index in [9.17, 15) is 9.90 Å². The lowest BCUT2D eigenvalue weighted by Crippen LogP contribution is -2.51. The predicted molar refractivity (Wildman–Crippen MR) is 101 cm³/mol. The summed E-state index contributed by atoms with van der Waals surface area (Å²) in [6.45, 7) is 4.78. The van der Waals surface area contributed by atoms with Gasteiger partial charge in [-0.2, -0.15) is 0 Å². The highest BCUT2D eigenvalue weighted by atomic mass is 16.3. The predicted octanol–water partition coefficient (Wildman–Crippen LogP) is 3.13. The van der Waals surface area contributed by atoms with Crippen molar-refractivity contribution in [1.29, 1.82) is 0 Å². The smallest absolute Gasteiger partial charge is 0.319 e. The van der Waals surface area contributed by atoms with E-state index in [-0.39, 0.29) is 12.1 Å². The standard InChI is InChI=1S/C20H31N3O2/c1-15-8-10-17(11-9-15)22-20(25)21-13-16-5-4-12-23(14-16)18-6-2-3-7-19(18)24/h8-11,16,18-19,24H,2-7,12-14H2,1H3,(H2,21,22,25)/t16-,18+,19-/m0/s1. The number of amides is 2. The second kappa shape index (κ2) is 8.68. The molecule has 1 heterocycles. The average molecular weight is 345 g/mol. The van der Waals surface area contributed by atoms with Gasteiger partial charge in [0.05, 0.1) is 6.10 Å². The first-order valence-corrected chi connectivity index (χ1v) is 9.65. The number of likely N-dealkylation sites (tertiary alicyclic amines) is 1. The molecule has 1 aromatic carbocycles. The van der Waals surface area contributed by atoms with Crippen LogP contribution in [0.1, 0.15) is 44.1 Å². The highest BCUT2D eigenvalue weighted by Crippen LogP contribution is 2.27. The van der Waals surface area contributed by atoms with Crippen LogP contribution in [-0.4, -0.2) is 47.8 Å². The van der Waals surface area contributed by atoms with Gasteiger partial charge in [-0.25, -0.2) is 4.79 Å². The average Bonchev–Trinajstić information content (AvgIpc) is 2.63. The number of rotatable bonds is 4. The van der Waals surface area contributed by atoms with Crippen LogP contribution in [0.3, 0.4) is 0 Å². The summed E-state index contributed by atoms with van der Waals surface area (Å²) in [6, 6.07) is 7.99. The van der Waals surface area contributed by atoms with Gasteiger partial charge in [0.25, 0.3) is 0 Å². The summed E-state index contributed by atoms with van der Waals surface area (Å²) in [4.78, 5) is 14.6. The number of nitrogens with zero attached hydrogens (tertiary/aromatic N) is 1. The van der Waals surface area contributed by atoms with Gasteiger partial charge in [-0.1, -0.05) is 30.5 Å². The van der Waals surface area contributed by atoms with Crippen molar-refractivity contribution in [2.24, 2.45) is 5.92 Å². The maximum atomic E-state index is 12.1. The van der Waals surface area contributed by atoms with Gasteiger partial charge >= 0.3 is 6.03 Å². The first-order valence-electron chi connectivity index (χ1n) is 9.65. The summed E-state index contributed by atoms with van der Waals surface area (Å²) in [5.74, 6) is 0.464. The summed E-state index contributed by atoms with van der Waals surface area (Å²) in [5.41, 5.74) is 2.00. The van der Waals surface area contributed by atoms with Crippen LogP contribution in [0.15, 0.2) is 24.3 Å². The number of benzene rings is 1. The summed E-state index contributed by atoms with van der Waals surface area (Å²) < 4.78 is 0. The third-order valence-electron chi connectivity index (χ3n) is 5.57. The van der Waals surface area contributed by atoms with Crippen molar-refractivity contribution in [2.45, 2.75) is 57.6 Å². The number of aliphatic hydroxyl groups is 1. The van der Waals surface area contributed by atoms with Gasteiger partial charge in [-0.3, -0.25) is 4.90 Å². The highest BCUT2D eigenvalue weighted by Gasteiger charge is 2.32. The molecule has 2 amide bonds. The van der Waals surface area contributed by atoms with Crippen LogP contribution in [0.5, 0.6) is 0 Å². The van der Waals surface area contributed by atoms with Gasteiger partial charge in [0.15, 0.2) is 0 Å². The van der Waals surface area contributed by atoms with E-state index in [1.165, 1.54) is 12.0 Å². The molecule has 1 saturated heterocycles. The second-order valence-electron chi connectivity index (χ2n) is 7.62. The van der Waals surface area contributed by atoms with Crippen LogP contribution in [0, 0.1) is 12.8 Å². The number of aliphatic hydroxyl groups excluding tert-OH is 1. The van der Waals surface area contributed by atoms with E-state index in [1.54, 1.807) is 0 Å². The molecule has 3 N–H and O–H groups in total. The fraction of sp³-hybridized carbons (Fsp3) is 0.650. The quantitative estimate of drug-likeness (QED) is 0.785. The van der Waals surface area contributed by atoms with Crippen molar-refractivity contribution in [3.8, 4) is 0 Å². The van der Waals surface area contributed by atoms with Crippen LogP contribution in [0.4, 0.5) is 10.5 Å². The zero-order valence-corrected chi connectivity index (χ0v) is 15.2. The zero-order valence-electron chi connectivity index (χ0n) is 15.2. The number of hydrogen-bond acceptors (Lipinski definition) is 3. The lowest BCUT2D eigenvalue weighted by molar-refractivity contribution is 0.000613. The Hall–Kier alpha value is -1.59. The summed E-state index contributed by atoms with van der Waals surface area (Å²) >= 11 is 0. The van der Waals surface area contributed by atoms with Crippen LogP contribution >= 0.6 is 0 Å². The highest BCUT2D eigenvalue weighted by molar-refractivity contribution is 5.89. The van der Waals surface area contributed by atoms with Gasteiger partial charge in [0.1, 0.15) is 0 Å². The van der Waals surface area contributed by atoms with E-state index in [0.717, 1.165) is 50.9 Å². The van der Waals surface area contributed by atoms with Crippen LogP contribution in [0.25, 0.3) is 0 Å². The second-order valence-corrected chi connectivity index (χ2v) is 7.62. The third-order valence-corrected chi connectivity index (χ3v) is 5.57. The lowest BCUT2D eigenvalue weighted by Gasteiger charge is -2.42. The van der Waals surface area contributed by atoms with Crippen LogP contribution < -0.4 is 10.6 Å². The number of piperidine rings is 1. The number of aryl methyl sites for hydroxylation is 1. The Balaban J connectivity index is 1.44. The number of carbonyl (C=O) groups is 1. The molecule has 5 nitrogen and oxygen atoms in total. The molecule has 2 fully saturated rings. The maximum Gasteiger partial charge on any atom is 0.319 e.